The predicted molar refractivity (Wildman–Crippen MR) is 60.9 cm³/mol. The first-order valence-electron chi connectivity index (χ1n) is 5.30. The van der Waals surface area contributed by atoms with E-state index in [0.717, 1.165) is 30.8 Å². The van der Waals surface area contributed by atoms with Crippen molar-refractivity contribution < 1.29 is 0 Å². The van der Waals surface area contributed by atoms with Crippen LogP contribution in [0.1, 0.15) is 44.8 Å². The van der Waals surface area contributed by atoms with Crippen LogP contribution in [0.25, 0.3) is 0 Å². The van der Waals surface area contributed by atoms with Gasteiger partial charge in [0.25, 0.3) is 0 Å². The van der Waals surface area contributed by atoms with E-state index in [1.165, 1.54) is 0 Å². The zero-order chi connectivity index (χ0) is 11.4. The lowest BCUT2D eigenvalue weighted by molar-refractivity contribution is 0.622. The van der Waals surface area contributed by atoms with Gasteiger partial charge >= 0.3 is 0 Å². The molecule has 0 saturated carbocycles. The van der Waals surface area contributed by atoms with Crippen molar-refractivity contribution >= 4 is 11.6 Å². The van der Waals surface area contributed by atoms with Crippen LogP contribution in [0, 0.1) is 11.3 Å². The lowest BCUT2D eigenvalue weighted by Crippen LogP contribution is -2.07. The summed E-state index contributed by atoms with van der Waals surface area (Å²) in [5.41, 5.74) is 0.891. The van der Waals surface area contributed by atoms with E-state index >= 15 is 0 Å². The number of halogens is 1. The number of hydrogen-bond donors (Lipinski definition) is 0. The number of imidazole rings is 1. The van der Waals surface area contributed by atoms with Gasteiger partial charge in [-0.3, -0.25) is 0 Å². The number of aryl methyl sites for hydroxylation is 2. The van der Waals surface area contributed by atoms with Crippen LogP contribution in [0.2, 0.25) is 5.15 Å². The molecule has 0 saturated heterocycles. The van der Waals surface area contributed by atoms with Crippen LogP contribution in [0.5, 0.6) is 0 Å². The molecule has 0 N–H and O–H groups in total. The number of nitriles is 1. The molecule has 0 radical (unpaired) electrons. The first kappa shape index (κ1) is 12.1. The third kappa shape index (κ3) is 2.32. The first-order valence-corrected chi connectivity index (χ1v) is 5.68. The van der Waals surface area contributed by atoms with E-state index in [9.17, 15) is 0 Å². The average molecular weight is 226 g/mol. The predicted octanol–water partition coefficient (Wildman–Crippen LogP) is 3.14. The van der Waals surface area contributed by atoms with Crippen molar-refractivity contribution in [2.45, 2.75) is 46.1 Å². The summed E-state index contributed by atoms with van der Waals surface area (Å²) in [6.07, 6.45) is 2.68. The van der Waals surface area contributed by atoms with Crippen molar-refractivity contribution in [1.82, 2.24) is 9.55 Å². The minimum Gasteiger partial charge on any atom is -0.302 e. The third-order valence-corrected chi connectivity index (χ3v) is 2.77. The molecular weight excluding hydrogens is 210 g/mol. The van der Waals surface area contributed by atoms with Crippen LogP contribution in [-0.2, 0) is 12.8 Å². The summed E-state index contributed by atoms with van der Waals surface area (Å²) in [5.74, 6) is 0.924. The molecule has 0 aromatic carbocycles. The second kappa shape index (κ2) is 5.18. The van der Waals surface area contributed by atoms with Gasteiger partial charge in [-0.15, -0.1) is 0 Å². The molecule has 0 aliphatic rings. The molecule has 0 spiro atoms. The Bertz CT molecular complexity index is 376. The Hall–Kier alpha value is -1.01. The Labute approximate surface area is 95.7 Å². The van der Waals surface area contributed by atoms with E-state index in [2.05, 4.69) is 18.0 Å². The summed E-state index contributed by atoms with van der Waals surface area (Å²) >= 11 is 6.19. The molecule has 1 rings (SSSR count). The summed E-state index contributed by atoms with van der Waals surface area (Å²) < 4.78 is 1.84. The molecule has 1 aromatic rings. The summed E-state index contributed by atoms with van der Waals surface area (Å²) in [4.78, 5) is 4.47. The van der Waals surface area contributed by atoms with Gasteiger partial charge in [-0.1, -0.05) is 25.4 Å². The Morgan fingerprint density at radius 3 is 2.67 bits per heavy atom. The molecule has 1 unspecified atom stereocenters. The zero-order valence-electron chi connectivity index (χ0n) is 9.42. The van der Waals surface area contributed by atoms with E-state index < -0.39 is 0 Å². The lowest BCUT2D eigenvalue weighted by atomic mass is 10.3. The fraction of sp³-hybridized carbons (Fsp3) is 0.636. The molecule has 1 atom stereocenters. The second-order valence-corrected chi connectivity index (χ2v) is 3.90. The summed E-state index contributed by atoms with van der Waals surface area (Å²) in [7, 11) is 0. The van der Waals surface area contributed by atoms with E-state index in [1.807, 2.05) is 18.4 Å². The largest absolute Gasteiger partial charge is 0.302 e. The molecule has 0 aliphatic carbocycles. The van der Waals surface area contributed by atoms with Gasteiger partial charge in [-0.2, -0.15) is 5.26 Å². The van der Waals surface area contributed by atoms with Crippen LogP contribution >= 0.6 is 11.6 Å². The summed E-state index contributed by atoms with van der Waals surface area (Å²) in [6, 6.07) is 1.95. The SMILES string of the molecule is CCCc1nc(CC)c(Cl)n1C(C)C#N. The van der Waals surface area contributed by atoms with E-state index in [4.69, 9.17) is 16.9 Å². The highest BCUT2D eigenvalue weighted by molar-refractivity contribution is 6.30. The Balaban J connectivity index is 3.20. The van der Waals surface area contributed by atoms with Crippen molar-refractivity contribution in [3.05, 3.63) is 16.7 Å². The monoisotopic (exact) mass is 225 g/mol. The van der Waals surface area contributed by atoms with Crippen molar-refractivity contribution in [3.8, 4) is 6.07 Å². The highest BCUT2D eigenvalue weighted by Crippen LogP contribution is 2.24. The molecule has 0 aliphatic heterocycles. The van der Waals surface area contributed by atoms with E-state index in [0.29, 0.717) is 5.15 Å². The highest BCUT2D eigenvalue weighted by atomic mass is 35.5. The molecule has 0 fully saturated rings. The molecule has 0 bridgehead atoms. The fourth-order valence-corrected chi connectivity index (χ4v) is 2.00. The minimum absolute atomic E-state index is 0.244. The number of hydrogen-bond acceptors (Lipinski definition) is 2. The van der Waals surface area contributed by atoms with Crippen LogP contribution in [0.3, 0.4) is 0 Å². The second-order valence-electron chi connectivity index (χ2n) is 3.54. The fourth-order valence-electron chi connectivity index (χ4n) is 1.58. The number of nitrogens with zero attached hydrogens (tertiary/aromatic N) is 3. The average Bonchev–Trinajstić information content (AvgIpc) is 2.55. The van der Waals surface area contributed by atoms with Gasteiger partial charge in [-0.25, -0.2) is 4.98 Å². The Morgan fingerprint density at radius 2 is 2.20 bits per heavy atom. The quantitative estimate of drug-likeness (QED) is 0.790. The highest BCUT2D eigenvalue weighted by Gasteiger charge is 2.17. The molecule has 15 heavy (non-hydrogen) atoms. The molecule has 82 valence electrons. The maximum atomic E-state index is 8.93. The normalized spacial score (nSPS) is 12.5. The van der Waals surface area contributed by atoms with Gasteiger partial charge in [0, 0.05) is 6.42 Å². The van der Waals surface area contributed by atoms with Gasteiger partial charge < -0.3 is 4.57 Å². The minimum atomic E-state index is -0.244. The lowest BCUT2D eigenvalue weighted by Gasteiger charge is -2.09. The van der Waals surface area contributed by atoms with Gasteiger partial charge in [0.2, 0.25) is 0 Å². The smallest absolute Gasteiger partial charge is 0.133 e. The summed E-state index contributed by atoms with van der Waals surface area (Å²) in [6.45, 7) is 5.95. The Kier molecular flexibility index (Phi) is 4.16. The van der Waals surface area contributed by atoms with Crippen molar-refractivity contribution in [2.24, 2.45) is 0 Å². The standard InChI is InChI=1S/C11H16ClN3/c1-4-6-10-14-9(5-2)11(12)15(10)8(3)7-13/h8H,4-6H2,1-3H3. The molecule has 0 amide bonds. The molecule has 4 heteroatoms. The zero-order valence-corrected chi connectivity index (χ0v) is 10.2. The molecule has 3 nitrogen and oxygen atoms in total. The van der Waals surface area contributed by atoms with Gasteiger partial charge in [-0.05, 0) is 19.8 Å². The van der Waals surface area contributed by atoms with Crippen molar-refractivity contribution in [2.75, 3.05) is 0 Å². The topological polar surface area (TPSA) is 41.6 Å². The van der Waals surface area contributed by atoms with Crippen LogP contribution in [-0.4, -0.2) is 9.55 Å². The molecular formula is C11H16ClN3. The van der Waals surface area contributed by atoms with Crippen molar-refractivity contribution in [3.63, 3.8) is 0 Å². The van der Waals surface area contributed by atoms with Gasteiger partial charge in [0.05, 0.1) is 11.8 Å². The van der Waals surface area contributed by atoms with E-state index in [-0.39, 0.29) is 6.04 Å². The van der Waals surface area contributed by atoms with Crippen LogP contribution in [0.4, 0.5) is 0 Å². The third-order valence-electron chi connectivity index (χ3n) is 2.37. The number of aromatic nitrogens is 2. The maximum absolute atomic E-state index is 8.93. The number of rotatable bonds is 4. The first-order chi connectivity index (χ1) is 7.15. The molecule has 1 aromatic heterocycles. The molecule has 1 heterocycles. The Morgan fingerprint density at radius 1 is 1.53 bits per heavy atom. The van der Waals surface area contributed by atoms with Gasteiger partial charge in [0.15, 0.2) is 0 Å². The van der Waals surface area contributed by atoms with Crippen LogP contribution in [0.15, 0.2) is 0 Å². The van der Waals surface area contributed by atoms with E-state index in [1.54, 1.807) is 0 Å². The maximum Gasteiger partial charge on any atom is 0.133 e. The van der Waals surface area contributed by atoms with Crippen LogP contribution < -0.4 is 0 Å². The van der Waals surface area contributed by atoms with Gasteiger partial charge in [0.1, 0.15) is 17.0 Å². The summed E-state index contributed by atoms with van der Waals surface area (Å²) in [5, 5.41) is 9.55. The van der Waals surface area contributed by atoms with Crippen molar-refractivity contribution in [1.29, 1.82) is 5.26 Å².